The highest BCUT2D eigenvalue weighted by molar-refractivity contribution is 6.30. The number of carbonyl (C=O) groups is 1. The first kappa shape index (κ1) is 19.8. The monoisotopic (exact) mass is 417 g/mol. The summed E-state index contributed by atoms with van der Waals surface area (Å²) in [5.74, 6) is 0.437. The summed E-state index contributed by atoms with van der Waals surface area (Å²) in [6.45, 7) is 1.89. The van der Waals surface area contributed by atoms with Gasteiger partial charge in [0.1, 0.15) is 11.3 Å². The van der Waals surface area contributed by atoms with E-state index in [1.165, 1.54) is 0 Å². The summed E-state index contributed by atoms with van der Waals surface area (Å²) in [5, 5.41) is 4.48. The van der Waals surface area contributed by atoms with Gasteiger partial charge >= 0.3 is 0 Å². The molecule has 0 aliphatic heterocycles. The number of carbonyl (C=O) groups excluding carboxylic acids is 1. The number of allylic oxidation sites excluding steroid dienone is 1. The molecule has 5 heteroatoms. The number of amides is 1. The van der Waals surface area contributed by atoms with Gasteiger partial charge < -0.3 is 14.5 Å². The van der Waals surface area contributed by atoms with Gasteiger partial charge in [0.15, 0.2) is 0 Å². The first-order valence-corrected chi connectivity index (χ1v) is 9.83. The fourth-order valence-electron chi connectivity index (χ4n) is 3.36. The molecule has 0 fully saturated rings. The second-order valence-corrected chi connectivity index (χ2v) is 7.32. The molecule has 4 nitrogen and oxygen atoms in total. The average molecular weight is 418 g/mol. The van der Waals surface area contributed by atoms with Crippen LogP contribution in [0.5, 0.6) is 5.75 Å². The Morgan fingerprint density at radius 2 is 1.80 bits per heavy atom. The molecule has 30 heavy (non-hydrogen) atoms. The van der Waals surface area contributed by atoms with Gasteiger partial charge in [-0.05, 0) is 48.4 Å². The maximum atomic E-state index is 12.5. The Morgan fingerprint density at radius 3 is 2.50 bits per heavy atom. The van der Waals surface area contributed by atoms with Gasteiger partial charge in [0.05, 0.1) is 13.4 Å². The van der Waals surface area contributed by atoms with Crippen molar-refractivity contribution in [1.82, 2.24) is 0 Å². The third kappa shape index (κ3) is 4.09. The van der Waals surface area contributed by atoms with E-state index in [0.29, 0.717) is 16.4 Å². The molecule has 4 rings (SSSR count). The lowest BCUT2D eigenvalue weighted by Gasteiger charge is -2.10. The van der Waals surface area contributed by atoms with Gasteiger partial charge in [-0.2, -0.15) is 0 Å². The number of nitrogens with one attached hydrogen (secondary N) is 1. The molecule has 0 saturated carbocycles. The van der Waals surface area contributed by atoms with E-state index >= 15 is 0 Å². The van der Waals surface area contributed by atoms with Crippen molar-refractivity contribution < 1.29 is 13.9 Å². The van der Waals surface area contributed by atoms with Gasteiger partial charge in [-0.15, -0.1) is 0 Å². The molecule has 0 spiro atoms. The van der Waals surface area contributed by atoms with Crippen LogP contribution in [-0.2, 0) is 4.79 Å². The zero-order chi connectivity index (χ0) is 21.1. The molecule has 1 amide bonds. The number of halogens is 1. The summed E-state index contributed by atoms with van der Waals surface area (Å²) < 4.78 is 11.3. The minimum Gasteiger partial charge on any atom is -0.496 e. The SMILES string of the molecule is COc1cc2occ(-c3ccc(Cl)cc3)c2cc1/C(C)=C/C(=O)Nc1ccccc1. The van der Waals surface area contributed by atoms with Crippen LogP contribution in [0.15, 0.2) is 83.5 Å². The summed E-state index contributed by atoms with van der Waals surface area (Å²) in [7, 11) is 1.60. The number of anilines is 1. The fourth-order valence-corrected chi connectivity index (χ4v) is 3.49. The van der Waals surface area contributed by atoms with E-state index in [1.54, 1.807) is 19.4 Å². The van der Waals surface area contributed by atoms with E-state index in [9.17, 15) is 4.79 Å². The molecule has 1 heterocycles. The molecule has 1 aromatic heterocycles. The minimum absolute atomic E-state index is 0.203. The van der Waals surface area contributed by atoms with Crippen LogP contribution in [0.25, 0.3) is 27.7 Å². The van der Waals surface area contributed by atoms with Gasteiger partial charge in [-0.3, -0.25) is 4.79 Å². The first-order valence-electron chi connectivity index (χ1n) is 9.45. The Balaban J connectivity index is 1.72. The predicted molar refractivity (Wildman–Crippen MR) is 122 cm³/mol. The molecule has 0 aliphatic rings. The van der Waals surface area contributed by atoms with Crippen molar-refractivity contribution in [2.24, 2.45) is 0 Å². The Kier molecular flexibility index (Phi) is 5.59. The number of hydrogen-bond donors (Lipinski definition) is 1. The summed E-state index contributed by atoms with van der Waals surface area (Å²) in [6.07, 6.45) is 3.29. The fraction of sp³-hybridized carbons (Fsp3) is 0.0800. The third-order valence-electron chi connectivity index (χ3n) is 4.86. The molecular weight excluding hydrogens is 398 g/mol. The number of ether oxygens (including phenoxy) is 1. The molecule has 1 N–H and O–H groups in total. The van der Waals surface area contributed by atoms with Crippen LogP contribution < -0.4 is 10.1 Å². The maximum absolute atomic E-state index is 12.5. The predicted octanol–water partition coefficient (Wildman–Crippen LogP) is 6.80. The van der Waals surface area contributed by atoms with E-state index in [2.05, 4.69) is 5.32 Å². The molecule has 3 aromatic carbocycles. The quantitative estimate of drug-likeness (QED) is 0.363. The first-order chi connectivity index (χ1) is 14.5. The number of fused-ring (bicyclic) bond motifs is 1. The van der Waals surface area contributed by atoms with Gasteiger partial charge in [-0.1, -0.05) is 41.9 Å². The highest BCUT2D eigenvalue weighted by atomic mass is 35.5. The lowest BCUT2D eigenvalue weighted by molar-refractivity contribution is -0.111. The zero-order valence-corrected chi connectivity index (χ0v) is 17.4. The smallest absolute Gasteiger partial charge is 0.248 e. The van der Waals surface area contributed by atoms with Crippen LogP contribution >= 0.6 is 11.6 Å². The highest BCUT2D eigenvalue weighted by Gasteiger charge is 2.15. The lowest BCUT2D eigenvalue weighted by atomic mass is 9.99. The average Bonchev–Trinajstić information content (AvgIpc) is 3.16. The van der Waals surface area contributed by atoms with Gasteiger partial charge in [0.25, 0.3) is 0 Å². The van der Waals surface area contributed by atoms with Crippen molar-refractivity contribution in [3.63, 3.8) is 0 Å². The Labute approximate surface area is 179 Å². The number of benzene rings is 3. The van der Waals surface area contributed by atoms with Crippen LogP contribution in [0, 0.1) is 0 Å². The number of methoxy groups -OCH3 is 1. The van der Waals surface area contributed by atoms with Crippen molar-refractivity contribution in [3.8, 4) is 16.9 Å². The number of furan rings is 1. The molecule has 4 aromatic rings. The van der Waals surface area contributed by atoms with E-state index in [1.807, 2.05) is 73.7 Å². The van der Waals surface area contributed by atoms with Crippen molar-refractivity contribution in [2.45, 2.75) is 6.92 Å². The van der Waals surface area contributed by atoms with Crippen LogP contribution in [0.3, 0.4) is 0 Å². The van der Waals surface area contributed by atoms with Crippen LogP contribution in [-0.4, -0.2) is 13.0 Å². The van der Waals surface area contributed by atoms with Crippen LogP contribution in [0.1, 0.15) is 12.5 Å². The molecule has 0 saturated heterocycles. The van der Waals surface area contributed by atoms with Crippen molar-refractivity contribution >= 4 is 39.7 Å². The largest absolute Gasteiger partial charge is 0.496 e. The third-order valence-corrected chi connectivity index (χ3v) is 5.12. The van der Waals surface area contributed by atoms with E-state index in [-0.39, 0.29) is 5.91 Å². The normalized spacial score (nSPS) is 11.5. The number of para-hydroxylation sites is 1. The van der Waals surface area contributed by atoms with Crippen LogP contribution in [0.2, 0.25) is 5.02 Å². The molecule has 150 valence electrons. The lowest BCUT2D eigenvalue weighted by Crippen LogP contribution is -2.08. The minimum atomic E-state index is -0.203. The summed E-state index contributed by atoms with van der Waals surface area (Å²) in [6, 6.07) is 20.8. The Morgan fingerprint density at radius 1 is 1.07 bits per heavy atom. The van der Waals surface area contributed by atoms with Crippen LogP contribution in [0.4, 0.5) is 5.69 Å². The Bertz CT molecular complexity index is 1220. The van der Waals surface area contributed by atoms with E-state index in [0.717, 1.165) is 33.3 Å². The van der Waals surface area contributed by atoms with Gasteiger partial charge in [-0.25, -0.2) is 0 Å². The molecule has 0 unspecified atom stereocenters. The standard InChI is InChI=1S/C25H20ClNO3/c1-16(12-25(28)27-19-6-4-3-5-7-19)20-13-21-22(17-8-10-18(26)11-9-17)15-30-24(21)14-23(20)29-2/h3-15H,1-2H3,(H,27,28)/b16-12+. The highest BCUT2D eigenvalue weighted by Crippen LogP contribution is 2.37. The molecular formula is C25H20ClNO3. The molecule has 0 atom stereocenters. The van der Waals surface area contributed by atoms with E-state index < -0.39 is 0 Å². The van der Waals surface area contributed by atoms with Gasteiger partial charge in [0.2, 0.25) is 5.91 Å². The van der Waals surface area contributed by atoms with Gasteiger partial charge in [0, 0.05) is 39.4 Å². The topological polar surface area (TPSA) is 51.5 Å². The Hall–Kier alpha value is -3.50. The summed E-state index contributed by atoms with van der Waals surface area (Å²) >= 11 is 6.02. The molecule has 0 radical (unpaired) electrons. The van der Waals surface area contributed by atoms with E-state index in [4.69, 9.17) is 20.8 Å². The van der Waals surface area contributed by atoms with Crippen molar-refractivity contribution in [1.29, 1.82) is 0 Å². The second kappa shape index (κ2) is 8.47. The van der Waals surface area contributed by atoms with Crippen molar-refractivity contribution in [3.05, 3.63) is 89.7 Å². The maximum Gasteiger partial charge on any atom is 0.248 e. The number of rotatable bonds is 5. The second-order valence-electron chi connectivity index (χ2n) is 6.89. The number of hydrogen-bond acceptors (Lipinski definition) is 3. The molecule has 0 bridgehead atoms. The zero-order valence-electron chi connectivity index (χ0n) is 16.6. The summed E-state index contributed by atoms with van der Waals surface area (Å²) in [4.78, 5) is 12.5. The molecule has 0 aliphatic carbocycles. The van der Waals surface area contributed by atoms with Crippen molar-refractivity contribution in [2.75, 3.05) is 12.4 Å². The summed E-state index contributed by atoms with van der Waals surface area (Å²) in [5.41, 5.74) is 5.01.